The Bertz CT molecular complexity index is 592. The highest BCUT2D eigenvalue weighted by Crippen LogP contribution is 2.09. The van der Waals surface area contributed by atoms with Crippen molar-refractivity contribution in [2.24, 2.45) is 17.9 Å². The van der Waals surface area contributed by atoms with E-state index in [0.717, 1.165) is 5.56 Å². The average Bonchev–Trinajstić information content (AvgIpc) is 2.83. The fraction of sp³-hybridized carbons (Fsp3) is 0.273. The number of aromatic nitrogens is 4. The zero-order chi connectivity index (χ0) is 13.8. The molecule has 0 aromatic carbocycles. The molecule has 0 aliphatic carbocycles. The Morgan fingerprint density at radius 2 is 2.37 bits per heavy atom. The van der Waals surface area contributed by atoms with Gasteiger partial charge in [-0.3, -0.25) is 4.68 Å². The van der Waals surface area contributed by atoms with Crippen molar-refractivity contribution in [1.29, 1.82) is 0 Å². The molecule has 0 amide bonds. The van der Waals surface area contributed by atoms with Crippen LogP contribution in [0.2, 0.25) is 0 Å². The third kappa shape index (κ3) is 2.97. The van der Waals surface area contributed by atoms with Gasteiger partial charge in [-0.15, -0.1) is 0 Å². The molecule has 0 saturated carbocycles. The van der Waals surface area contributed by atoms with Crippen LogP contribution >= 0.6 is 0 Å². The first-order valence-electron chi connectivity index (χ1n) is 5.59. The molecular formula is C11H15N7O. The fourth-order valence-electron chi connectivity index (χ4n) is 1.62. The summed E-state index contributed by atoms with van der Waals surface area (Å²) in [7, 11) is 3.72. The number of aryl methyl sites for hydroxylation is 1. The van der Waals surface area contributed by atoms with Crippen LogP contribution in [0.5, 0.6) is 0 Å². The van der Waals surface area contributed by atoms with Gasteiger partial charge < -0.3 is 15.8 Å². The predicted molar refractivity (Wildman–Crippen MR) is 69.9 cm³/mol. The van der Waals surface area contributed by atoms with Crippen molar-refractivity contribution in [3.05, 3.63) is 35.9 Å². The molecule has 2 aromatic heterocycles. The van der Waals surface area contributed by atoms with E-state index in [1.165, 1.54) is 0 Å². The summed E-state index contributed by atoms with van der Waals surface area (Å²) in [5.41, 5.74) is 6.92. The number of nitrogens with zero attached hydrogens (tertiary/aromatic N) is 6. The molecule has 2 rings (SSSR count). The molecule has 0 radical (unpaired) electrons. The quantitative estimate of drug-likeness (QED) is 0.346. The van der Waals surface area contributed by atoms with Crippen molar-refractivity contribution in [2.75, 3.05) is 11.9 Å². The van der Waals surface area contributed by atoms with Crippen LogP contribution in [0.1, 0.15) is 11.3 Å². The van der Waals surface area contributed by atoms with Crippen LogP contribution in [0.25, 0.3) is 0 Å². The lowest BCUT2D eigenvalue weighted by molar-refractivity contribution is 0.318. The first-order valence-corrected chi connectivity index (χ1v) is 5.59. The maximum atomic E-state index is 8.63. The molecule has 0 spiro atoms. The summed E-state index contributed by atoms with van der Waals surface area (Å²) in [4.78, 5) is 10.2. The average molecular weight is 261 g/mol. The minimum atomic E-state index is -0.0431. The van der Waals surface area contributed by atoms with Gasteiger partial charge >= 0.3 is 0 Å². The standard InChI is InChI=1S/C11H15N7O/c1-17(6-8-5-14-18(2)7-8)11-13-4-3-9(15-11)10(12)16-19/h3-5,7,19H,6H2,1-2H3,(H2,12,16). The highest BCUT2D eigenvalue weighted by Gasteiger charge is 2.09. The van der Waals surface area contributed by atoms with Crippen molar-refractivity contribution in [3.8, 4) is 0 Å². The first kappa shape index (κ1) is 12.8. The van der Waals surface area contributed by atoms with Crippen LogP contribution in [0, 0.1) is 0 Å². The topological polar surface area (TPSA) is 105 Å². The minimum Gasteiger partial charge on any atom is -0.409 e. The van der Waals surface area contributed by atoms with Crippen molar-refractivity contribution in [3.63, 3.8) is 0 Å². The number of hydrogen-bond acceptors (Lipinski definition) is 6. The van der Waals surface area contributed by atoms with E-state index in [1.807, 2.05) is 25.2 Å². The van der Waals surface area contributed by atoms with Gasteiger partial charge in [0.05, 0.1) is 6.20 Å². The van der Waals surface area contributed by atoms with E-state index < -0.39 is 0 Å². The Morgan fingerprint density at radius 1 is 1.58 bits per heavy atom. The Balaban J connectivity index is 2.17. The molecule has 0 atom stereocenters. The van der Waals surface area contributed by atoms with Crippen LogP contribution in [0.4, 0.5) is 5.95 Å². The molecule has 0 unspecified atom stereocenters. The smallest absolute Gasteiger partial charge is 0.226 e. The fourth-order valence-corrected chi connectivity index (χ4v) is 1.62. The molecule has 19 heavy (non-hydrogen) atoms. The third-order valence-electron chi connectivity index (χ3n) is 2.53. The summed E-state index contributed by atoms with van der Waals surface area (Å²) < 4.78 is 1.73. The monoisotopic (exact) mass is 261 g/mol. The third-order valence-corrected chi connectivity index (χ3v) is 2.53. The lowest BCUT2D eigenvalue weighted by atomic mass is 10.3. The Labute approximate surface area is 110 Å². The molecule has 2 heterocycles. The van der Waals surface area contributed by atoms with Crippen LogP contribution in [0.3, 0.4) is 0 Å². The van der Waals surface area contributed by atoms with Gasteiger partial charge in [0.15, 0.2) is 5.84 Å². The van der Waals surface area contributed by atoms with Gasteiger partial charge in [0, 0.05) is 38.6 Å². The summed E-state index contributed by atoms with van der Waals surface area (Å²) in [5.74, 6) is 0.450. The van der Waals surface area contributed by atoms with E-state index in [9.17, 15) is 0 Å². The molecule has 0 aliphatic heterocycles. The molecule has 100 valence electrons. The second-order valence-electron chi connectivity index (χ2n) is 4.11. The summed E-state index contributed by atoms with van der Waals surface area (Å²) >= 11 is 0. The predicted octanol–water partition coefficient (Wildman–Crippen LogP) is -0.0590. The maximum Gasteiger partial charge on any atom is 0.226 e. The molecular weight excluding hydrogens is 246 g/mol. The highest BCUT2D eigenvalue weighted by atomic mass is 16.4. The van der Waals surface area contributed by atoms with E-state index in [2.05, 4.69) is 20.2 Å². The molecule has 3 N–H and O–H groups in total. The van der Waals surface area contributed by atoms with E-state index in [1.54, 1.807) is 23.1 Å². The van der Waals surface area contributed by atoms with E-state index in [4.69, 9.17) is 10.9 Å². The van der Waals surface area contributed by atoms with Crippen LogP contribution in [-0.4, -0.2) is 37.8 Å². The molecule has 0 fully saturated rings. The van der Waals surface area contributed by atoms with Crippen molar-refractivity contribution in [2.45, 2.75) is 6.54 Å². The van der Waals surface area contributed by atoms with Crippen molar-refractivity contribution >= 4 is 11.8 Å². The van der Waals surface area contributed by atoms with Crippen molar-refractivity contribution < 1.29 is 5.21 Å². The molecule has 0 bridgehead atoms. The van der Waals surface area contributed by atoms with Crippen LogP contribution in [0.15, 0.2) is 29.8 Å². The summed E-state index contributed by atoms with van der Waals surface area (Å²) in [6, 6.07) is 1.58. The summed E-state index contributed by atoms with van der Waals surface area (Å²) in [5, 5.41) is 15.7. The number of rotatable bonds is 4. The number of nitrogens with two attached hydrogens (primary N) is 1. The van der Waals surface area contributed by atoms with Gasteiger partial charge in [0.1, 0.15) is 5.69 Å². The number of hydrogen-bond donors (Lipinski definition) is 2. The minimum absolute atomic E-state index is 0.0431. The Hall–Kier alpha value is -2.64. The van der Waals surface area contributed by atoms with Gasteiger partial charge in [-0.2, -0.15) is 5.10 Å². The van der Waals surface area contributed by atoms with Gasteiger partial charge in [0.2, 0.25) is 5.95 Å². The second-order valence-corrected chi connectivity index (χ2v) is 4.11. The normalized spacial score (nSPS) is 11.6. The Kier molecular flexibility index (Phi) is 3.60. The number of anilines is 1. The lowest BCUT2D eigenvalue weighted by Gasteiger charge is -2.16. The molecule has 0 aliphatic rings. The zero-order valence-corrected chi connectivity index (χ0v) is 10.7. The molecule has 8 heteroatoms. The second kappa shape index (κ2) is 5.34. The number of amidine groups is 1. The SMILES string of the molecule is CN(Cc1cnn(C)c1)c1nccc(/C(N)=N/O)n1. The highest BCUT2D eigenvalue weighted by molar-refractivity contribution is 5.95. The lowest BCUT2D eigenvalue weighted by Crippen LogP contribution is -2.22. The largest absolute Gasteiger partial charge is 0.409 e. The summed E-state index contributed by atoms with van der Waals surface area (Å²) in [6.45, 7) is 0.619. The van der Waals surface area contributed by atoms with E-state index >= 15 is 0 Å². The summed E-state index contributed by atoms with van der Waals surface area (Å²) in [6.07, 6.45) is 5.27. The van der Waals surface area contributed by atoms with Crippen LogP contribution < -0.4 is 10.6 Å². The maximum absolute atomic E-state index is 8.63. The first-order chi connectivity index (χ1) is 9.10. The Morgan fingerprint density at radius 3 is 3.00 bits per heavy atom. The van der Waals surface area contributed by atoms with E-state index in [0.29, 0.717) is 18.2 Å². The van der Waals surface area contributed by atoms with Gasteiger partial charge in [-0.05, 0) is 6.07 Å². The zero-order valence-electron chi connectivity index (χ0n) is 10.7. The van der Waals surface area contributed by atoms with E-state index in [-0.39, 0.29) is 5.84 Å². The van der Waals surface area contributed by atoms with Crippen molar-refractivity contribution in [1.82, 2.24) is 19.7 Å². The number of oxime groups is 1. The van der Waals surface area contributed by atoms with Gasteiger partial charge in [-0.1, -0.05) is 5.16 Å². The molecule has 0 saturated heterocycles. The van der Waals surface area contributed by atoms with Gasteiger partial charge in [0.25, 0.3) is 0 Å². The molecule has 8 nitrogen and oxygen atoms in total. The van der Waals surface area contributed by atoms with Crippen LogP contribution in [-0.2, 0) is 13.6 Å². The molecule has 2 aromatic rings. The van der Waals surface area contributed by atoms with Gasteiger partial charge in [-0.25, -0.2) is 9.97 Å².